The van der Waals surface area contributed by atoms with E-state index in [0.29, 0.717) is 0 Å². The summed E-state index contributed by atoms with van der Waals surface area (Å²) in [7, 11) is 1.63. The highest BCUT2D eigenvalue weighted by molar-refractivity contribution is 5.73. The van der Waals surface area contributed by atoms with Crippen LogP contribution in [0.5, 0.6) is 5.75 Å². The summed E-state index contributed by atoms with van der Waals surface area (Å²) in [6, 6.07) is 9.80. The standard InChI is InChI=1S/C19H19N3O4/c1-12-11-15(5-10-18-19(22(23)24)13(2)20-26-18)14(3)21(12)16-6-8-17(25-4)9-7-16/h5-11H,1-4H3/b10-5+. The van der Waals surface area contributed by atoms with Gasteiger partial charge in [-0.25, -0.2) is 0 Å². The first-order valence-electron chi connectivity index (χ1n) is 8.04. The molecule has 3 aromatic rings. The summed E-state index contributed by atoms with van der Waals surface area (Å²) < 4.78 is 12.4. The van der Waals surface area contributed by atoms with E-state index in [0.717, 1.165) is 28.4 Å². The molecule has 2 aromatic heterocycles. The van der Waals surface area contributed by atoms with E-state index >= 15 is 0 Å². The molecular weight excluding hydrogens is 334 g/mol. The van der Waals surface area contributed by atoms with Crippen LogP contribution >= 0.6 is 0 Å². The van der Waals surface area contributed by atoms with Crippen LogP contribution < -0.4 is 4.74 Å². The highest BCUT2D eigenvalue weighted by Crippen LogP contribution is 2.27. The maximum absolute atomic E-state index is 11.1. The first kappa shape index (κ1) is 17.5. The summed E-state index contributed by atoms with van der Waals surface area (Å²) in [6.07, 6.45) is 3.38. The molecule has 0 aliphatic rings. The first-order chi connectivity index (χ1) is 12.4. The summed E-state index contributed by atoms with van der Waals surface area (Å²) in [5.41, 5.74) is 4.19. The fraction of sp³-hybridized carbons (Fsp3) is 0.211. The van der Waals surface area contributed by atoms with E-state index in [4.69, 9.17) is 9.26 Å². The molecule has 0 aliphatic heterocycles. The van der Waals surface area contributed by atoms with Crippen molar-refractivity contribution >= 4 is 17.8 Å². The SMILES string of the molecule is COc1ccc(-n2c(C)cc(/C=C/c3onc(C)c3[N+](=O)[O-])c2C)cc1. The van der Waals surface area contributed by atoms with Gasteiger partial charge in [0, 0.05) is 17.1 Å². The third-order valence-electron chi connectivity index (χ3n) is 4.25. The Kier molecular flexibility index (Phi) is 4.62. The molecule has 7 nitrogen and oxygen atoms in total. The van der Waals surface area contributed by atoms with Gasteiger partial charge in [0.1, 0.15) is 5.75 Å². The van der Waals surface area contributed by atoms with Crippen molar-refractivity contribution in [2.24, 2.45) is 0 Å². The van der Waals surface area contributed by atoms with Gasteiger partial charge in [-0.1, -0.05) is 5.16 Å². The van der Waals surface area contributed by atoms with Crippen molar-refractivity contribution in [3.05, 3.63) is 68.9 Å². The Bertz CT molecular complexity index is 981. The summed E-state index contributed by atoms with van der Waals surface area (Å²) >= 11 is 0. The van der Waals surface area contributed by atoms with E-state index in [1.807, 2.05) is 44.2 Å². The molecule has 26 heavy (non-hydrogen) atoms. The number of ether oxygens (including phenoxy) is 1. The van der Waals surface area contributed by atoms with Gasteiger partial charge in [0.25, 0.3) is 0 Å². The van der Waals surface area contributed by atoms with Gasteiger partial charge in [0.2, 0.25) is 5.76 Å². The Hall–Kier alpha value is -3.35. The number of aryl methyl sites for hydroxylation is 2. The molecule has 0 saturated heterocycles. The predicted molar refractivity (Wildman–Crippen MR) is 98.6 cm³/mol. The number of rotatable bonds is 5. The lowest BCUT2D eigenvalue weighted by molar-refractivity contribution is -0.386. The van der Waals surface area contributed by atoms with Crippen molar-refractivity contribution in [2.75, 3.05) is 7.11 Å². The molecule has 7 heteroatoms. The lowest BCUT2D eigenvalue weighted by atomic mass is 10.2. The van der Waals surface area contributed by atoms with Crippen LogP contribution in [0.15, 0.2) is 34.9 Å². The molecule has 0 N–H and O–H groups in total. The van der Waals surface area contributed by atoms with E-state index in [9.17, 15) is 10.1 Å². The molecule has 0 unspecified atom stereocenters. The highest BCUT2D eigenvalue weighted by atomic mass is 16.6. The lowest BCUT2D eigenvalue weighted by Crippen LogP contribution is -1.99. The van der Waals surface area contributed by atoms with Gasteiger partial charge in [-0.05, 0) is 68.8 Å². The minimum absolute atomic E-state index is 0.106. The maximum atomic E-state index is 11.1. The summed E-state index contributed by atoms with van der Waals surface area (Å²) in [4.78, 5) is 10.7. The van der Waals surface area contributed by atoms with Crippen molar-refractivity contribution in [3.63, 3.8) is 0 Å². The van der Waals surface area contributed by atoms with Crippen LogP contribution in [0.1, 0.15) is 28.4 Å². The topological polar surface area (TPSA) is 83.3 Å². The van der Waals surface area contributed by atoms with E-state index in [1.165, 1.54) is 0 Å². The largest absolute Gasteiger partial charge is 0.497 e. The van der Waals surface area contributed by atoms with Crippen LogP contribution in [-0.2, 0) is 0 Å². The van der Waals surface area contributed by atoms with E-state index in [1.54, 1.807) is 26.2 Å². The first-order valence-corrected chi connectivity index (χ1v) is 8.04. The van der Waals surface area contributed by atoms with E-state index in [2.05, 4.69) is 9.72 Å². The molecule has 134 valence electrons. The molecule has 3 rings (SSSR count). The summed E-state index contributed by atoms with van der Waals surface area (Å²) in [6.45, 7) is 5.56. The third-order valence-corrected chi connectivity index (χ3v) is 4.25. The summed E-state index contributed by atoms with van der Waals surface area (Å²) in [5.74, 6) is 0.936. The molecule has 0 fully saturated rings. The Morgan fingerprint density at radius 3 is 2.50 bits per heavy atom. The average Bonchev–Trinajstić information content (AvgIpc) is 3.12. The van der Waals surface area contributed by atoms with Crippen molar-refractivity contribution in [1.82, 2.24) is 9.72 Å². The third kappa shape index (κ3) is 3.11. The zero-order valence-electron chi connectivity index (χ0n) is 15.0. The fourth-order valence-electron chi connectivity index (χ4n) is 2.96. The van der Waals surface area contributed by atoms with Gasteiger partial charge in [-0.3, -0.25) is 10.1 Å². The van der Waals surface area contributed by atoms with Gasteiger partial charge in [-0.2, -0.15) is 0 Å². The van der Waals surface area contributed by atoms with Crippen molar-refractivity contribution < 1.29 is 14.2 Å². The second-order valence-electron chi connectivity index (χ2n) is 5.93. The van der Waals surface area contributed by atoms with Gasteiger partial charge >= 0.3 is 5.69 Å². The van der Waals surface area contributed by atoms with Crippen LogP contribution in [0.4, 0.5) is 5.69 Å². The number of methoxy groups -OCH3 is 1. The van der Waals surface area contributed by atoms with E-state index < -0.39 is 4.92 Å². The van der Waals surface area contributed by atoms with Gasteiger partial charge in [0.15, 0.2) is 5.69 Å². The molecule has 0 amide bonds. The van der Waals surface area contributed by atoms with Crippen LogP contribution in [0.2, 0.25) is 0 Å². The van der Waals surface area contributed by atoms with E-state index in [-0.39, 0.29) is 17.1 Å². The zero-order valence-corrected chi connectivity index (χ0v) is 15.0. The van der Waals surface area contributed by atoms with Crippen molar-refractivity contribution in [2.45, 2.75) is 20.8 Å². The predicted octanol–water partition coefficient (Wildman–Crippen LogP) is 4.48. The van der Waals surface area contributed by atoms with Crippen LogP contribution in [0.25, 0.3) is 17.8 Å². The maximum Gasteiger partial charge on any atom is 0.338 e. The molecule has 2 heterocycles. The van der Waals surface area contributed by atoms with Crippen LogP contribution in [0.3, 0.4) is 0 Å². The Labute approximate surface area is 150 Å². The zero-order chi connectivity index (χ0) is 18.8. The minimum atomic E-state index is -0.480. The molecule has 0 saturated carbocycles. The normalized spacial score (nSPS) is 11.2. The average molecular weight is 353 g/mol. The minimum Gasteiger partial charge on any atom is -0.497 e. The molecule has 0 bridgehead atoms. The fourth-order valence-corrected chi connectivity index (χ4v) is 2.96. The monoisotopic (exact) mass is 353 g/mol. The second-order valence-corrected chi connectivity index (χ2v) is 5.93. The lowest BCUT2D eigenvalue weighted by Gasteiger charge is -2.10. The summed E-state index contributed by atoms with van der Waals surface area (Å²) in [5, 5.41) is 14.8. The molecule has 0 spiro atoms. The molecule has 1 aromatic carbocycles. The molecule has 0 radical (unpaired) electrons. The van der Waals surface area contributed by atoms with Gasteiger partial charge in [0.05, 0.1) is 12.0 Å². The smallest absolute Gasteiger partial charge is 0.338 e. The molecular formula is C19H19N3O4. The Morgan fingerprint density at radius 1 is 1.19 bits per heavy atom. The van der Waals surface area contributed by atoms with Gasteiger partial charge in [-0.15, -0.1) is 0 Å². The number of hydrogen-bond donors (Lipinski definition) is 0. The Morgan fingerprint density at radius 2 is 1.88 bits per heavy atom. The number of aromatic nitrogens is 2. The number of nitrogens with zero attached hydrogens (tertiary/aromatic N) is 3. The van der Waals surface area contributed by atoms with Crippen LogP contribution in [0, 0.1) is 30.9 Å². The second kappa shape index (κ2) is 6.87. The van der Waals surface area contributed by atoms with Crippen molar-refractivity contribution in [3.8, 4) is 11.4 Å². The molecule has 0 aliphatic carbocycles. The van der Waals surface area contributed by atoms with Gasteiger partial charge < -0.3 is 13.8 Å². The van der Waals surface area contributed by atoms with Crippen LogP contribution in [-0.4, -0.2) is 21.8 Å². The number of hydrogen-bond acceptors (Lipinski definition) is 5. The van der Waals surface area contributed by atoms with Crippen molar-refractivity contribution in [1.29, 1.82) is 0 Å². The number of nitro groups is 1. The molecule has 0 atom stereocenters. The number of benzene rings is 1. The highest BCUT2D eigenvalue weighted by Gasteiger charge is 2.22. The Balaban J connectivity index is 1.96. The quantitative estimate of drug-likeness (QED) is 0.499.